The number of nitrogens with zero attached hydrogens (tertiary/aromatic N) is 2. The third-order valence-electron chi connectivity index (χ3n) is 6.57. The average Bonchev–Trinajstić information content (AvgIpc) is 3.34. The van der Waals surface area contributed by atoms with Gasteiger partial charge in [0.2, 0.25) is 11.8 Å². The van der Waals surface area contributed by atoms with E-state index in [1.807, 2.05) is 13.8 Å². The molecule has 0 aromatic heterocycles. The summed E-state index contributed by atoms with van der Waals surface area (Å²) in [5.41, 5.74) is 8.31. The van der Waals surface area contributed by atoms with Gasteiger partial charge in [-0.3, -0.25) is 14.4 Å². The number of likely N-dealkylation sites (N-methyl/N-ethyl adjacent to an activating group) is 1. The number of methoxy groups -OCH3 is 1. The fourth-order valence-electron chi connectivity index (χ4n) is 4.38. The van der Waals surface area contributed by atoms with Gasteiger partial charge in [-0.25, -0.2) is 4.39 Å². The minimum absolute atomic E-state index is 0.00550. The molecule has 0 radical (unpaired) electrons. The van der Waals surface area contributed by atoms with Crippen molar-refractivity contribution in [3.63, 3.8) is 0 Å². The molecule has 3 amide bonds. The lowest BCUT2D eigenvalue weighted by Crippen LogP contribution is -2.51. The van der Waals surface area contributed by atoms with Crippen LogP contribution in [0.25, 0.3) is 0 Å². The Balaban J connectivity index is 1.74. The monoisotopic (exact) mass is 498 g/mol. The van der Waals surface area contributed by atoms with Crippen LogP contribution < -0.4 is 15.8 Å². The highest BCUT2D eigenvalue weighted by Gasteiger charge is 2.38. The van der Waals surface area contributed by atoms with Gasteiger partial charge in [-0.05, 0) is 55.7 Å². The van der Waals surface area contributed by atoms with E-state index >= 15 is 0 Å². The van der Waals surface area contributed by atoms with Gasteiger partial charge in [0, 0.05) is 31.7 Å². The SMILES string of the molecule is CCN(CC)C(=O)C(c1ccc(CNC(=O)c2ccc(OC)cc2)cc1)C(N)C(=O)N1CCC(F)C1. The molecule has 1 aliphatic rings. The molecule has 194 valence electrons. The lowest BCUT2D eigenvalue weighted by molar-refractivity contribution is -0.139. The molecule has 1 fully saturated rings. The topological polar surface area (TPSA) is 105 Å². The summed E-state index contributed by atoms with van der Waals surface area (Å²) in [5.74, 6) is -1.10. The fraction of sp³-hybridized carbons (Fsp3) is 0.444. The molecule has 9 heteroatoms. The number of alkyl halides is 1. The third kappa shape index (κ3) is 6.40. The Bertz CT molecular complexity index is 1040. The van der Waals surface area contributed by atoms with E-state index in [-0.39, 0.29) is 31.3 Å². The largest absolute Gasteiger partial charge is 0.497 e. The Kier molecular flexibility index (Phi) is 9.41. The van der Waals surface area contributed by atoms with Crippen LogP contribution >= 0.6 is 0 Å². The van der Waals surface area contributed by atoms with E-state index < -0.39 is 24.0 Å². The zero-order valence-electron chi connectivity index (χ0n) is 21.1. The molecule has 3 rings (SSSR count). The van der Waals surface area contributed by atoms with Crippen molar-refractivity contribution >= 4 is 17.7 Å². The number of hydrogen-bond donors (Lipinski definition) is 2. The van der Waals surface area contributed by atoms with Gasteiger partial charge in [0.1, 0.15) is 18.0 Å². The first kappa shape index (κ1) is 27.1. The number of likely N-dealkylation sites (tertiary alicyclic amines) is 1. The van der Waals surface area contributed by atoms with Crippen LogP contribution in [0.1, 0.15) is 47.7 Å². The first-order valence-electron chi connectivity index (χ1n) is 12.3. The summed E-state index contributed by atoms with van der Waals surface area (Å²) < 4.78 is 18.8. The summed E-state index contributed by atoms with van der Waals surface area (Å²) in [7, 11) is 1.56. The summed E-state index contributed by atoms with van der Waals surface area (Å²) in [4.78, 5) is 41.9. The molecule has 1 aliphatic heterocycles. The van der Waals surface area contributed by atoms with Crippen molar-refractivity contribution in [1.82, 2.24) is 15.1 Å². The number of nitrogens with one attached hydrogen (secondary N) is 1. The molecule has 3 unspecified atom stereocenters. The van der Waals surface area contributed by atoms with E-state index in [1.54, 1.807) is 60.5 Å². The maximum absolute atomic E-state index is 13.7. The Labute approximate surface area is 211 Å². The van der Waals surface area contributed by atoms with Crippen LogP contribution in [0.3, 0.4) is 0 Å². The van der Waals surface area contributed by atoms with Crippen molar-refractivity contribution in [1.29, 1.82) is 0 Å². The first-order chi connectivity index (χ1) is 17.3. The van der Waals surface area contributed by atoms with E-state index in [4.69, 9.17) is 10.5 Å². The second-order valence-corrected chi connectivity index (χ2v) is 8.84. The van der Waals surface area contributed by atoms with Gasteiger partial charge in [0.25, 0.3) is 5.91 Å². The van der Waals surface area contributed by atoms with Crippen molar-refractivity contribution in [2.75, 3.05) is 33.3 Å². The number of benzene rings is 2. The van der Waals surface area contributed by atoms with Crippen molar-refractivity contribution in [3.05, 3.63) is 65.2 Å². The van der Waals surface area contributed by atoms with Crippen molar-refractivity contribution in [2.45, 2.75) is 44.9 Å². The predicted molar refractivity (Wildman–Crippen MR) is 135 cm³/mol. The van der Waals surface area contributed by atoms with Gasteiger partial charge < -0.3 is 25.6 Å². The van der Waals surface area contributed by atoms with Crippen LogP contribution in [0, 0.1) is 0 Å². The smallest absolute Gasteiger partial charge is 0.251 e. The highest BCUT2D eigenvalue weighted by atomic mass is 19.1. The highest BCUT2D eigenvalue weighted by Crippen LogP contribution is 2.25. The zero-order valence-corrected chi connectivity index (χ0v) is 21.1. The molecule has 3 N–H and O–H groups in total. The molecule has 8 nitrogen and oxygen atoms in total. The van der Waals surface area contributed by atoms with Crippen LogP contribution in [0.15, 0.2) is 48.5 Å². The minimum Gasteiger partial charge on any atom is -0.497 e. The number of carbonyl (C=O) groups is 3. The standard InChI is InChI=1S/C27H35FN4O4/c1-4-31(5-2)26(34)23(24(29)27(35)32-15-14-21(28)17-32)19-8-6-18(7-9-19)16-30-25(33)20-10-12-22(36-3)13-11-20/h6-13,21,23-24H,4-5,14-17,29H2,1-3H3,(H,30,33). The van der Waals surface area contributed by atoms with Crippen LogP contribution in [0.4, 0.5) is 4.39 Å². The number of rotatable bonds is 10. The van der Waals surface area contributed by atoms with Gasteiger partial charge in [-0.1, -0.05) is 24.3 Å². The molecule has 0 spiro atoms. The van der Waals surface area contributed by atoms with Crippen LogP contribution in [-0.4, -0.2) is 73.0 Å². The van der Waals surface area contributed by atoms with E-state index in [0.29, 0.717) is 36.5 Å². The van der Waals surface area contributed by atoms with Gasteiger partial charge >= 0.3 is 0 Å². The summed E-state index contributed by atoms with van der Waals surface area (Å²) in [6.07, 6.45) is -0.783. The average molecular weight is 499 g/mol. The number of amides is 3. The molecule has 2 aromatic carbocycles. The van der Waals surface area contributed by atoms with Gasteiger partial charge in [0.05, 0.1) is 19.6 Å². The van der Waals surface area contributed by atoms with E-state index in [2.05, 4.69) is 5.32 Å². The minimum atomic E-state index is -1.12. The second kappa shape index (κ2) is 12.5. The van der Waals surface area contributed by atoms with Crippen molar-refractivity contribution in [3.8, 4) is 5.75 Å². The molecule has 2 aromatic rings. The molecular formula is C27H35FN4O4. The number of ether oxygens (including phenoxy) is 1. The van der Waals surface area contributed by atoms with E-state index in [0.717, 1.165) is 5.56 Å². The molecule has 3 atom stereocenters. The Morgan fingerprint density at radius 2 is 1.75 bits per heavy atom. The lowest BCUT2D eigenvalue weighted by atomic mass is 9.89. The molecule has 36 heavy (non-hydrogen) atoms. The molecular weight excluding hydrogens is 463 g/mol. The number of carbonyl (C=O) groups excluding carboxylic acids is 3. The number of nitrogens with two attached hydrogens (primary N) is 1. The van der Waals surface area contributed by atoms with Crippen LogP contribution in [0.2, 0.25) is 0 Å². The second-order valence-electron chi connectivity index (χ2n) is 8.84. The normalized spacial score (nSPS) is 16.8. The van der Waals surface area contributed by atoms with Gasteiger partial charge in [-0.15, -0.1) is 0 Å². The van der Waals surface area contributed by atoms with Crippen molar-refractivity contribution < 1.29 is 23.5 Å². The molecule has 0 saturated carbocycles. The predicted octanol–water partition coefficient (Wildman–Crippen LogP) is 2.47. The highest BCUT2D eigenvalue weighted by molar-refractivity contribution is 5.94. The maximum Gasteiger partial charge on any atom is 0.251 e. The molecule has 1 saturated heterocycles. The van der Waals surface area contributed by atoms with Crippen LogP contribution in [-0.2, 0) is 16.1 Å². The number of halogens is 1. The van der Waals surface area contributed by atoms with Gasteiger partial charge in [-0.2, -0.15) is 0 Å². The van der Waals surface area contributed by atoms with Crippen LogP contribution in [0.5, 0.6) is 5.75 Å². The lowest BCUT2D eigenvalue weighted by Gasteiger charge is -2.30. The molecule has 1 heterocycles. The Morgan fingerprint density at radius 3 is 2.28 bits per heavy atom. The maximum atomic E-state index is 13.7. The third-order valence-corrected chi connectivity index (χ3v) is 6.57. The molecule has 0 aliphatic carbocycles. The Morgan fingerprint density at radius 1 is 1.11 bits per heavy atom. The fourth-order valence-corrected chi connectivity index (χ4v) is 4.38. The Hall–Kier alpha value is -3.46. The number of hydrogen-bond acceptors (Lipinski definition) is 5. The summed E-state index contributed by atoms with van der Waals surface area (Å²) in [6.45, 7) is 5.30. The quantitative estimate of drug-likeness (QED) is 0.524. The summed E-state index contributed by atoms with van der Waals surface area (Å²) in [6, 6.07) is 12.8. The summed E-state index contributed by atoms with van der Waals surface area (Å²) >= 11 is 0. The van der Waals surface area contributed by atoms with E-state index in [9.17, 15) is 18.8 Å². The summed E-state index contributed by atoms with van der Waals surface area (Å²) in [5, 5.41) is 2.87. The van der Waals surface area contributed by atoms with E-state index in [1.165, 1.54) is 4.90 Å². The molecule has 0 bridgehead atoms. The first-order valence-corrected chi connectivity index (χ1v) is 12.3. The zero-order chi connectivity index (χ0) is 26.2. The van der Waals surface area contributed by atoms with Gasteiger partial charge in [0.15, 0.2) is 0 Å². The van der Waals surface area contributed by atoms with Crippen molar-refractivity contribution in [2.24, 2.45) is 5.73 Å².